The van der Waals surface area contributed by atoms with Crippen LogP contribution in [0, 0.1) is 0 Å². The van der Waals surface area contributed by atoms with E-state index in [1.165, 1.54) is 4.90 Å². The number of aliphatic hydroxyl groups is 1. The van der Waals surface area contributed by atoms with Crippen molar-refractivity contribution >= 4 is 11.9 Å². The molecule has 2 aliphatic heterocycles. The van der Waals surface area contributed by atoms with Gasteiger partial charge in [0.05, 0.1) is 0 Å². The molecule has 2 fully saturated rings. The van der Waals surface area contributed by atoms with E-state index in [0.717, 1.165) is 38.6 Å². The van der Waals surface area contributed by atoms with E-state index in [1.807, 2.05) is 0 Å². The Morgan fingerprint density at radius 1 is 1.28 bits per heavy atom. The maximum absolute atomic E-state index is 12.3. The summed E-state index contributed by atoms with van der Waals surface area (Å²) in [7, 11) is 0. The summed E-state index contributed by atoms with van der Waals surface area (Å²) in [5.74, 6) is -0.0938. The van der Waals surface area contributed by atoms with Gasteiger partial charge in [0.1, 0.15) is 5.54 Å². The summed E-state index contributed by atoms with van der Waals surface area (Å²) in [4.78, 5) is 25.5. The molecule has 0 aromatic carbocycles. The molecule has 2 rings (SSSR count). The minimum Gasteiger partial charge on any atom is -0.396 e. The molecule has 3 amide bonds. The Bertz CT molecular complexity index is 327. The van der Waals surface area contributed by atoms with E-state index >= 15 is 0 Å². The number of aliphatic hydroxyl groups excluding tert-OH is 1. The van der Waals surface area contributed by atoms with Crippen LogP contribution in [-0.4, -0.2) is 53.7 Å². The smallest absolute Gasteiger partial charge is 0.325 e. The van der Waals surface area contributed by atoms with Crippen LogP contribution >= 0.6 is 0 Å². The van der Waals surface area contributed by atoms with Gasteiger partial charge in [0, 0.05) is 19.7 Å². The standard InChI is InChI=1S/C12H21N3O3/c16-8-3-1-2-7-15-10(17)12(14-11(15)18)5-4-6-13-9-12/h13,16H,1-9H2,(H,14,18). The molecule has 0 bridgehead atoms. The van der Waals surface area contributed by atoms with Crippen molar-refractivity contribution < 1.29 is 14.7 Å². The van der Waals surface area contributed by atoms with Gasteiger partial charge >= 0.3 is 6.03 Å². The quantitative estimate of drug-likeness (QED) is 0.470. The number of rotatable bonds is 5. The highest BCUT2D eigenvalue weighted by Gasteiger charge is 2.51. The lowest BCUT2D eigenvalue weighted by atomic mass is 9.90. The fraction of sp³-hybridized carbons (Fsp3) is 0.833. The normalized spacial score (nSPS) is 27.9. The molecular formula is C12H21N3O3. The van der Waals surface area contributed by atoms with Crippen molar-refractivity contribution in [2.45, 2.75) is 37.6 Å². The average Bonchev–Trinajstić information content (AvgIpc) is 2.59. The molecule has 1 atom stereocenters. The second-order valence-corrected chi connectivity index (χ2v) is 5.03. The average molecular weight is 255 g/mol. The Labute approximate surface area is 107 Å². The summed E-state index contributed by atoms with van der Waals surface area (Å²) < 4.78 is 0. The van der Waals surface area contributed by atoms with E-state index in [1.54, 1.807) is 0 Å². The number of unbranched alkanes of at least 4 members (excludes halogenated alkanes) is 2. The van der Waals surface area contributed by atoms with Crippen molar-refractivity contribution in [1.29, 1.82) is 0 Å². The summed E-state index contributed by atoms with van der Waals surface area (Å²) in [5, 5.41) is 14.7. The zero-order chi connectivity index (χ0) is 13.0. The number of imide groups is 1. The Balaban J connectivity index is 1.92. The van der Waals surface area contributed by atoms with Crippen LogP contribution in [0.3, 0.4) is 0 Å². The second kappa shape index (κ2) is 5.67. The summed E-state index contributed by atoms with van der Waals surface area (Å²) in [6.45, 7) is 2.05. The van der Waals surface area contributed by atoms with Crippen LogP contribution in [-0.2, 0) is 4.79 Å². The number of amides is 3. The minimum absolute atomic E-state index is 0.0938. The first-order chi connectivity index (χ1) is 8.69. The first-order valence-corrected chi connectivity index (χ1v) is 6.65. The molecule has 0 saturated carbocycles. The van der Waals surface area contributed by atoms with E-state index in [2.05, 4.69) is 10.6 Å². The summed E-state index contributed by atoms with van der Waals surface area (Å²) in [5.41, 5.74) is -0.702. The molecule has 2 aliphatic rings. The Hall–Kier alpha value is -1.14. The third-order valence-electron chi connectivity index (χ3n) is 3.67. The molecule has 1 spiro atoms. The highest BCUT2D eigenvalue weighted by molar-refractivity contribution is 6.07. The van der Waals surface area contributed by atoms with Gasteiger partial charge in [-0.2, -0.15) is 0 Å². The third-order valence-corrected chi connectivity index (χ3v) is 3.67. The van der Waals surface area contributed by atoms with Crippen LogP contribution in [0.1, 0.15) is 32.1 Å². The van der Waals surface area contributed by atoms with Gasteiger partial charge in [-0.25, -0.2) is 4.79 Å². The Morgan fingerprint density at radius 2 is 2.11 bits per heavy atom. The topological polar surface area (TPSA) is 81.7 Å². The molecule has 0 aliphatic carbocycles. The maximum atomic E-state index is 12.3. The highest BCUT2D eigenvalue weighted by atomic mass is 16.3. The number of nitrogens with one attached hydrogen (secondary N) is 2. The number of carbonyl (C=O) groups excluding carboxylic acids is 2. The van der Waals surface area contributed by atoms with Gasteiger partial charge in [-0.15, -0.1) is 0 Å². The number of hydrogen-bond donors (Lipinski definition) is 3. The van der Waals surface area contributed by atoms with E-state index in [9.17, 15) is 9.59 Å². The number of piperidine rings is 1. The number of nitrogens with zero attached hydrogens (tertiary/aromatic N) is 1. The van der Waals surface area contributed by atoms with Crippen LogP contribution in [0.25, 0.3) is 0 Å². The van der Waals surface area contributed by atoms with Crippen molar-refractivity contribution in [3.05, 3.63) is 0 Å². The Kier molecular flexibility index (Phi) is 4.19. The minimum atomic E-state index is -0.702. The number of carbonyl (C=O) groups is 2. The zero-order valence-electron chi connectivity index (χ0n) is 10.6. The molecule has 102 valence electrons. The van der Waals surface area contributed by atoms with Gasteiger partial charge in [0.25, 0.3) is 5.91 Å². The van der Waals surface area contributed by atoms with Gasteiger partial charge < -0.3 is 15.7 Å². The Morgan fingerprint density at radius 3 is 2.78 bits per heavy atom. The SMILES string of the molecule is O=C1NC2(CCCNC2)C(=O)N1CCCCCO. The fourth-order valence-electron chi connectivity index (χ4n) is 2.63. The predicted octanol–water partition coefficient (Wildman–Crippen LogP) is -0.177. The molecule has 6 heteroatoms. The van der Waals surface area contributed by atoms with E-state index < -0.39 is 5.54 Å². The van der Waals surface area contributed by atoms with Crippen LogP contribution in [0.2, 0.25) is 0 Å². The van der Waals surface area contributed by atoms with E-state index in [0.29, 0.717) is 13.1 Å². The van der Waals surface area contributed by atoms with Gasteiger partial charge in [-0.05, 0) is 38.6 Å². The first-order valence-electron chi connectivity index (χ1n) is 6.65. The zero-order valence-corrected chi connectivity index (χ0v) is 10.6. The molecule has 3 N–H and O–H groups in total. The third kappa shape index (κ3) is 2.49. The van der Waals surface area contributed by atoms with Gasteiger partial charge in [0.2, 0.25) is 0 Å². The number of hydrogen-bond acceptors (Lipinski definition) is 4. The molecule has 0 radical (unpaired) electrons. The molecule has 0 aromatic heterocycles. The van der Waals surface area contributed by atoms with Crippen molar-refractivity contribution in [1.82, 2.24) is 15.5 Å². The van der Waals surface area contributed by atoms with Crippen molar-refractivity contribution in [2.24, 2.45) is 0 Å². The molecule has 2 heterocycles. The van der Waals surface area contributed by atoms with Crippen LogP contribution in [0.4, 0.5) is 4.79 Å². The highest BCUT2D eigenvalue weighted by Crippen LogP contribution is 2.25. The molecule has 2 saturated heterocycles. The van der Waals surface area contributed by atoms with Gasteiger partial charge in [-0.1, -0.05) is 0 Å². The molecule has 6 nitrogen and oxygen atoms in total. The largest absolute Gasteiger partial charge is 0.396 e. The van der Waals surface area contributed by atoms with E-state index in [-0.39, 0.29) is 18.5 Å². The van der Waals surface area contributed by atoms with Crippen molar-refractivity contribution in [3.63, 3.8) is 0 Å². The fourth-order valence-corrected chi connectivity index (χ4v) is 2.63. The summed E-state index contributed by atoms with van der Waals surface area (Å²) in [6, 6.07) is -0.271. The van der Waals surface area contributed by atoms with Crippen molar-refractivity contribution in [2.75, 3.05) is 26.2 Å². The molecule has 0 aromatic rings. The monoisotopic (exact) mass is 255 g/mol. The summed E-state index contributed by atoms with van der Waals surface area (Å²) in [6.07, 6.45) is 3.93. The molecule has 18 heavy (non-hydrogen) atoms. The van der Waals surface area contributed by atoms with Crippen LogP contribution in [0.5, 0.6) is 0 Å². The van der Waals surface area contributed by atoms with Crippen LogP contribution in [0.15, 0.2) is 0 Å². The molecule has 1 unspecified atom stereocenters. The number of urea groups is 1. The van der Waals surface area contributed by atoms with Crippen LogP contribution < -0.4 is 10.6 Å². The lowest BCUT2D eigenvalue weighted by Crippen LogP contribution is -2.57. The molecular weight excluding hydrogens is 234 g/mol. The lowest BCUT2D eigenvalue weighted by Gasteiger charge is -2.31. The van der Waals surface area contributed by atoms with Gasteiger partial charge in [-0.3, -0.25) is 9.69 Å². The summed E-state index contributed by atoms with van der Waals surface area (Å²) >= 11 is 0. The second-order valence-electron chi connectivity index (χ2n) is 5.03. The van der Waals surface area contributed by atoms with E-state index in [4.69, 9.17) is 5.11 Å². The van der Waals surface area contributed by atoms with Crippen molar-refractivity contribution in [3.8, 4) is 0 Å². The van der Waals surface area contributed by atoms with Gasteiger partial charge in [0.15, 0.2) is 0 Å². The lowest BCUT2D eigenvalue weighted by molar-refractivity contribution is -0.131. The predicted molar refractivity (Wildman–Crippen MR) is 66.0 cm³/mol. The first kappa shape index (κ1) is 13.3. The maximum Gasteiger partial charge on any atom is 0.325 e.